The highest BCUT2D eigenvalue weighted by Crippen LogP contribution is 2.31. The summed E-state index contributed by atoms with van der Waals surface area (Å²) in [5.41, 5.74) is 3.00. The molecule has 2 aromatic carbocycles. The van der Waals surface area contributed by atoms with Gasteiger partial charge < -0.3 is 14.8 Å². The Morgan fingerprint density at radius 1 is 1.14 bits per heavy atom. The van der Waals surface area contributed by atoms with E-state index in [1.165, 1.54) is 5.56 Å². The van der Waals surface area contributed by atoms with Gasteiger partial charge in [0.15, 0.2) is 0 Å². The number of ether oxygens (including phenoxy) is 1. The molecule has 0 spiro atoms. The first-order valence-corrected chi connectivity index (χ1v) is 9.54. The number of aliphatic carboxylic acids is 1. The topological polar surface area (TPSA) is 68.8 Å². The number of H-pyrrole nitrogens is 1. The Hall–Kier alpha value is -2.83. The van der Waals surface area contributed by atoms with Crippen LogP contribution in [-0.2, 0) is 11.3 Å². The van der Waals surface area contributed by atoms with Gasteiger partial charge in [0.05, 0.1) is 7.11 Å². The van der Waals surface area contributed by atoms with Crippen LogP contribution in [0, 0.1) is 0 Å². The second-order valence-electron chi connectivity index (χ2n) is 7.19. The van der Waals surface area contributed by atoms with Gasteiger partial charge in [-0.2, -0.15) is 0 Å². The van der Waals surface area contributed by atoms with Crippen LogP contribution in [0.4, 0.5) is 0 Å². The fourth-order valence-electron chi connectivity index (χ4n) is 3.98. The second kappa shape index (κ2) is 8.04. The number of benzene rings is 2. The van der Waals surface area contributed by atoms with Crippen LogP contribution in [-0.4, -0.2) is 59.1 Å². The Bertz CT molecular complexity index is 946. The number of piperazine rings is 1. The lowest BCUT2D eigenvalue weighted by Gasteiger charge is -2.37. The van der Waals surface area contributed by atoms with Crippen molar-refractivity contribution in [3.63, 3.8) is 0 Å². The Balaban J connectivity index is 1.51. The number of carboxylic acids is 1. The van der Waals surface area contributed by atoms with Crippen molar-refractivity contribution in [1.29, 1.82) is 0 Å². The third-order valence-electron chi connectivity index (χ3n) is 5.47. The molecule has 2 N–H and O–H groups in total. The summed E-state index contributed by atoms with van der Waals surface area (Å²) < 4.78 is 5.32. The summed E-state index contributed by atoms with van der Waals surface area (Å²) >= 11 is 0. The fourth-order valence-corrected chi connectivity index (χ4v) is 3.98. The number of rotatable bonds is 6. The van der Waals surface area contributed by atoms with Gasteiger partial charge in [-0.3, -0.25) is 14.6 Å². The second-order valence-corrected chi connectivity index (χ2v) is 7.19. The van der Waals surface area contributed by atoms with Crippen molar-refractivity contribution in [2.75, 3.05) is 33.3 Å². The number of nitrogens with zero attached hydrogens (tertiary/aromatic N) is 2. The van der Waals surface area contributed by atoms with Gasteiger partial charge in [0, 0.05) is 55.4 Å². The minimum absolute atomic E-state index is 0.667. The van der Waals surface area contributed by atoms with E-state index in [2.05, 4.69) is 39.0 Å². The molecule has 0 amide bonds. The molecule has 1 aromatic heterocycles. The van der Waals surface area contributed by atoms with E-state index in [9.17, 15) is 9.90 Å². The monoisotopic (exact) mass is 379 g/mol. The molecule has 146 valence electrons. The van der Waals surface area contributed by atoms with Crippen molar-refractivity contribution >= 4 is 16.9 Å². The Morgan fingerprint density at radius 2 is 1.89 bits per heavy atom. The molecule has 2 heterocycles. The van der Waals surface area contributed by atoms with E-state index in [0.29, 0.717) is 0 Å². The number of hydrogen-bond donors (Lipinski definition) is 2. The van der Waals surface area contributed by atoms with Gasteiger partial charge in [0.1, 0.15) is 11.8 Å². The van der Waals surface area contributed by atoms with E-state index in [4.69, 9.17) is 4.74 Å². The molecule has 0 unspecified atom stereocenters. The molecule has 6 nitrogen and oxygen atoms in total. The summed E-state index contributed by atoms with van der Waals surface area (Å²) in [6, 6.07) is 15.4. The van der Waals surface area contributed by atoms with E-state index < -0.39 is 12.0 Å². The van der Waals surface area contributed by atoms with Crippen molar-refractivity contribution < 1.29 is 14.6 Å². The van der Waals surface area contributed by atoms with E-state index >= 15 is 0 Å². The number of aromatic amines is 1. The molecule has 1 fully saturated rings. The number of aromatic nitrogens is 1. The standard InChI is InChI=1S/C22H25N3O3/c1-28-17-7-8-20-18(13-17)19(14-23-20)21(22(26)27)25-11-9-24(10-12-25)15-16-5-3-2-4-6-16/h2-8,13-14,21,23H,9-12,15H2,1H3,(H,26,27)/t21-/m1/s1. The summed E-state index contributed by atoms with van der Waals surface area (Å²) in [5.74, 6) is -0.0922. The minimum Gasteiger partial charge on any atom is -0.497 e. The summed E-state index contributed by atoms with van der Waals surface area (Å²) in [6.45, 7) is 4.05. The van der Waals surface area contributed by atoms with E-state index in [-0.39, 0.29) is 0 Å². The molecule has 0 radical (unpaired) electrons. The molecule has 0 saturated carbocycles. The lowest BCUT2D eigenvalue weighted by Crippen LogP contribution is -2.48. The van der Waals surface area contributed by atoms with E-state index in [1.54, 1.807) is 7.11 Å². The highest BCUT2D eigenvalue weighted by molar-refractivity contribution is 5.90. The molecule has 1 aliphatic rings. The first kappa shape index (κ1) is 18.5. The van der Waals surface area contributed by atoms with Gasteiger partial charge in [-0.05, 0) is 23.8 Å². The number of carbonyl (C=O) groups is 1. The van der Waals surface area contributed by atoms with Crippen molar-refractivity contribution in [2.24, 2.45) is 0 Å². The van der Waals surface area contributed by atoms with Crippen molar-refractivity contribution in [3.8, 4) is 5.75 Å². The Labute approximate surface area is 164 Å². The average molecular weight is 379 g/mol. The van der Waals surface area contributed by atoms with Crippen molar-refractivity contribution in [2.45, 2.75) is 12.6 Å². The quantitative estimate of drug-likeness (QED) is 0.689. The third-order valence-corrected chi connectivity index (χ3v) is 5.47. The SMILES string of the molecule is COc1ccc2[nH]cc([C@H](C(=O)O)N3CCN(Cc4ccccc4)CC3)c2c1. The van der Waals surface area contributed by atoms with Gasteiger partial charge in [0.25, 0.3) is 0 Å². The maximum atomic E-state index is 12.2. The van der Waals surface area contributed by atoms with E-state index in [0.717, 1.165) is 54.9 Å². The van der Waals surface area contributed by atoms with Crippen LogP contribution in [0.3, 0.4) is 0 Å². The van der Waals surface area contributed by atoms with Crippen LogP contribution in [0.1, 0.15) is 17.2 Å². The number of hydrogen-bond acceptors (Lipinski definition) is 4. The van der Waals surface area contributed by atoms with Crippen LogP contribution in [0.2, 0.25) is 0 Å². The van der Waals surface area contributed by atoms with Crippen LogP contribution >= 0.6 is 0 Å². The zero-order chi connectivity index (χ0) is 19.5. The average Bonchev–Trinajstić information content (AvgIpc) is 3.13. The van der Waals surface area contributed by atoms with Crippen LogP contribution in [0.25, 0.3) is 10.9 Å². The maximum absolute atomic E-state index is 12.2. The predicted octanol–water partition coefficient (Wildman–Crippen LogP) is 3.12. The molecule has 1 aliphatic heterocycles. The molecule has 0 bridgehead atoms. The number of fused-ring (bicyclic) bond motifs is 1. The predicted molar refractivity (Wildman–Crippen MR) is 109 cm³/mol. The number of carboxylic acid groups (broad SMARTS) is 1. The van der Waals surface area contributed by atoms with Crippen LogP contribution in [0.5, 0.6) is 5.75 Å². The normalized spacial score (nSPS) is 16.9. The molecular formula is C22H25N3O3. The fraction of sp³-hybridized carbons (Fsp3) is 0.318. The van der Waals surface area contributed by atoms with Crippen LogP contribution in [0.15, 0.2) is 54.7 Å². The van der Waals surface area contributed by atoms with Gasteiger partial charge in [-0.1, -0.05) is 30.3 Å². The van der Waals surface area contributed by atoms with Crippen LogP contribution < -0.4 is 4.74 Å². The smallest absolute Gasteiger partial charge is 0.325 e. The minimum atomic E-state index is -0.819. The number of nitrogens with one attached hydrogen (secondary N) is 1. The summed E-state index contributed by atoms with van der Waals surface area (Å²) in [4.78, 5) is 19.8. The molecule has 1 saturated heterocycles. The van der Waals surface area contributed by atoms with Gasteiger partial charge in [-0.25, -0.2) is 0 Å². The molecule has 4 rings (SSSR count). The lowest BCUT2D eigenvalue weighted by atomic mass is 10.0. The largest absolute Gasteiger partial charge is 0.497 e. The maximum Gasteiger partial charge on any atom is 0.325 e. The first-order valence-electron chi connectivity index (χ1n) is 9.54. The molecule has 28 heavy (non-hydrogen) atoms. The van der Waals surface area contributed by atoms with Crippen molar-refractivity contribution in [3.05, 3.63) is 65.9 Å². The summed E-state index contributed by atoms with van der Waals surface area (Å²) in [7, 11) is 1.62. The molecular weight excluding hydrogens is 354 g/mol. The Kier molecular flexibility index (Phi) is 5.32. The summed E-state index contributed by atoms with van der Waals surface area (Å²) in [5, 5.41) is 10.9. The zero-order valence-electron chi connectivity index (χ0n) is 16.0. The number of methoxy groups -OCH3 is 1. The molecule has 1 atom stereocenters. The zero-order valence-corrected chi connectivity index (χ0v) is 16.0. The highest BCUT2D eigenvalue weighted by Gasteiger charge is 2.32. The van der Waals surface area contributed by atoms with Gasteiger partial charge >= 0.3 is 5.97 Å². The van der Waals surface area contributed by atoms with E-state index in [1.807, 2.05) is 30.5 Å². The third kappa shape index (κ3) is 3.74. The highest BCUT2D eigenvalue weighted by atomic mass is 16.5. The first-order chi connectivity index (χ1) is 13.7. The summed E-state index contributed by atoms with van der Waals surface area (Å²) in [6.07, 6.45) is 1.82. The van der Waals surface area contributed by atoms with Gasteiger partial charge in [-0.15, -0.1) is 0 Å². The molecule has 3 aromatic rings. The molecule has 6 heteroatoms. The Morgan fingerprint density at radius 3 is 2.57 bits per heavy atom. The van der Waals surface area contributed by atoms with Gasteiger partial charge in [0.2, 0.25) is 0 Å². The van der Waals surface area contributed by atoms with Crippen molar-refractivity contribution in [1.82, 2.24) is 14.8 Å². The molecule has 0 aliphatic carbocycles. The lowest BCUT2D eigenvalue weighted by molar-refractivity contribution is -0.144.